The summed E-state index contributed by atoms with van der Waals surface area (Å²) in [5, 5.41) is 0. The maximum absolute atomic E-state index is 12.2. The largest absolute Gasteiger partial charge is 0.416 e. The molecule has 1 atom stereocenters. The van der Waals surface area contributed by atoms with Crippen LogP contribution in [0.2, 0.25) is 0 Å². The van der Waals surface area contributed by atoms with E-state index in [1.54, 1.807) is 0 Å². The van der Waals surface area contributed by atoms with Crippen molar-refractivity contribution in [1.82, 2.24) is 0 Å². The zero-order valence-corrected chi connectivity index (χ0v) is 8.51. The number of nitrogens with two attached hydrogens (primary N) is 1. The Bertz CT molecular complexity index is 303. The summed E-state index contributed by atoms with van der Waals surface area (Å²) in [6.45, 7) is 2.50. The quantitative estimate of drug-likeness (QED) is 0.826. The molecule has 2 N–H and O–H groups in total. The van der Waals surface area contributed by atoms with Crippen molar-refractivity contribution in [3.63, 3.8) is 0 Å². The fourth-order valence-electron chi connectivity index (χ4n) is 1.42. The molecule has 0 aliphatic heterocycles. The van der Waals surface area contributed by atoms with Crippen LogP contribution >= 0.6 is 0 Å². The van der Waals surface area contributed by atoms with E-state index in [-0.39, 0.29) is 5.92 Å². The van der Waals surface area contributed by atoms with Gasteiger partial charge in [0.25, 0.3) is 0 Å². The monoisotopic (exact) mass is 217 g/mol. The van der Waals surface area contributed by atoms with Crippen molar-refractivity contribution in [2.75, 3.05) is 6.54 Å². The highest BCUT2D eigenvalue weighted by atomic mass is 19.4. The van der Waals surface area contributed by atoms with Crippen molar-refractivity contribution >= 4 is 0 Å². The first kappa shape index (κ1) is 12.0. The molecule has 4 heteroatoms. The third-order valence-electron chi connectivity index (χ3n) is 2.41. The summed E-state index contributed by atoms with van der Waals surface area (Å²) in [5.74, 6) is 0.206. The third-order valence-corrected chi connectivity index (χ3v) is 2.41. The van der Waals surface area contributed by atoms with E-state index in [1.165, 1.54) is 12.1 Å². The maximum atomic E-state index is 12.2. The molecule has 1 nitrogen and oxygen atoms in total. The Morgan fingerprint density at radius 2 is 1.73 bits per heavy atom. The van der Waals surface area contributed by atoms with Crippen LogP contribution in [0, 0.1) is 0 Å². The second-order valence-corrected chi connectivity index (χ2v) is 3.60. The van der Waals surface area contributed by atoms with E-state index >= 15 is 0 Å². The summed E-state index contributed by atoms with van der Waals surface area (Å²) in [5.41, 5.74) is 5.68. The van der Waals surface area contributed by atoms with Gasteiger partial charge in [-0.05, 0) is 36.6 Å². The van der Waals surface area contributed by atoms with Gasteiger partial charge in [0.15, 0.2) is 0 Å². The van der Waals surface area contributed by atoms with E-state index < -0.39 is 11.7 Å². The summed E-state index contributed by atoms with van der Waals surface area (Å²) in [6, 6.07) is 5.26. The zero-order valence-electron chi connectivity index (χ0n) is 8.51. The van der Waals surface area contributed by atoms with Crippen LogP contribution in [0.15, 0.2) is 24.3 Å². The van der Waals surface area contributed by atoms with E-state index in [1.807, 2.05) is 6.92 Å². The number of hydrogen-bond donors (Lipinski definition) is 1. The van der Waals surface area contributed by atoms with Crippen LogP contribution < -0.4 is 5.73 Å². The molecule has 0 heterocycles. The molecule has 0 amide bonds. The first-order valence-corrected chi connectivity index (χ1v) is 4.82. The normalized spacial score (nSPS) is 13.9. The lowest BCUT2D eigenvalue weighted by atomic mass is 9.97. The van der Waals surface area contributed by atoms with Gasteiger partial charge in [-0.3, -0.25) is 0 Å². The molecular formula is C11H14F3N. The summed E-state index contributed by atoms with van der Waals surface area (Å²) in [6.07, 6.45) is -3.47. The molecule has 0 fully saturated rings. The molecule has 15 heavy (non-hydrogen) atoms. The molecule has 0 saturated heterocycles. The average molecular weight is 217 g/mol. The van der Waals surface area contributed by atoms with E-state index in [9.17, 15) is 13.2 Å². The molecule has 0 radical (unpaired) electrons. The lowest BCUT2D eigenvalue weighted by Crippen LogP contribution is -2.07. The fourth-order valence-corrected chi connectivity index (χ4v) is 1.42. The van der Waals surface area contributed by atoms with Gasteiger partial charge in [0.2, 0.25) is 0 Å². The van der Waals surface area contributed by atoms with Crippen molar-refractivity contribution in [2.24, 2.45) is 5.73 Å². The predicted octanol–water partition coefficient (Wildman–Crippen LogP) is 3.16. The zero-order chi connectivity index (χ0) is 11.5. The van der Waals surface area contributed by atoms with Crippen LogP contribution in [0.1, 0.15) is 30.4 Å². The first-order valence-electron chi connectivity index (χ1n) is 4.82. The first-order chi connectivity index (χ1) is 6.95. The maximum Gasteiger partial charge on any atom is 0.416 e. The van der Waals surface area contributed by atoms with E-state index in [0.717, 1.165) is 24.1 Å². The Morgan fingerprint density at radius 3 is 2.13 bits per heavy atom. The van der Waals surface area contributed by atoms with Crippen molar-refractivity contribution in [1.29, 1.82) is 0 Å². The van der Waals surface area contributed by atoms with Crippen LogP contribution in [-0.4, -0.2) is 6.54 Å². The number of rotatable bonds is 3. The molecule has 0 aromatic heterocycles. The topological polar surface area (TPSA) is 26.0 Å². The fraction of sp³-hybridized carbons (Fsp3) is 0.455. The summed E-state index contributed by atoms with van der Waals surface area (Å²) in [7, 11) is 0. The van der Waals surface area contributed by atoms with Crippen LogP contribution in [0.3, 0.4) is 0 Å². The van der Waals surface area contributed by atoms with Crippen LogP contribution in [0.25, 0.3) is 0 Å². The highest BCUT2D eigenvalue weighted by molar-refractivity contribution is 5.26. The molecule has 1 unspecified atom stereocenters. The van der Waals surface area contributed by atoms with Crippen molar-refractivity contribution in [2.45, 2.75) is 25.4 Å². The molecule has 1 aromatic carbocycles. The van der Waals surface area contributed by atoms with E-state index in [4.69, 9.17) is 5.73 Å². The van der Waals surface area contributed by atoms with Gasteiger partial charge in [-0.1, -0.05) is 19.1 Å². The number of halogens is 3. The molecule has 1 aromatic rings. The van der Waals surface area contributed by atoms with Crippen molar-refractivity contribution in [3.8, 4) is 0 Å². The number of benzene rings is 1. The molecular weight excluding hydrogens is 203 g/mol. The highest BCUT2D eigenvalue weighted by Gasteiger charge is 2.30. The Hall–Kier alpha value is -1.03. The van der Waals surface area contributed by atoms with Crippen molar-refractivity contribution < 1.29 is 13.2 Å². The molecule has 84 valence electrons. The lowest BCUT2D eigenvalue weighted by Gasteiger charge is -2.12. The molecule has 0 aliphatic rings. The second-order valence-electron chi connectivity index (χ2n) is 3.60. The predicted molar refractivity (Wildman–Crippen MR) is 53.5 cm³/mol. The Labute approximate surface area is 87.1 Å². The molecule has 0 saturated carbocycles. The summed E-state index contributed by atoms with van der Waals surface area (Å²) in [4.78, 5) is 0. The van der Waals surface area contributed by atoms with Gasteiger partial charge in [0.05, 0.1) is 5.56 Å². The molecule has 1 rings (SSSR count). The van der Waals surface area contributed by atoms with Gasteiger partial charge in [-0.15, -0.1) is 0 Å². The number of alkyl halides is 3. The minimum atomic E-state index is -4.25. The lowest BCUT2D eigenvalue weighted by molar-refractivity contribution is -0.137. The number of hydrogen-bond acceptors (Lipinski definition) is 1. The minimum Gasteiger partial charge on any atom is -0.330 e. The van der Waals surface area contributed by atoms with Crippen LogP contribution in [0.5, 0.6) is 0 Å². The van der Waals surface area contributed by atoms with Gasteiger partial charge in [-0.2, -0.15) is 13.2 Å². The van der Waals surface area contributed by atoms with E-state index in [0.29, 0.717) is 6.54 Å². The smallest absolute Gasteiger partial charge is 0.330 e. The molecule has 0 aliphatic carbocycles. The Morgan fingerprint density at radius 1 is 1.20 bits per heavy atom. The highest BCUT2D eigenvalue weighted by Crippen LogP contribution is 2.30. The van der Waals surface area contributed by atoms with Crippen molar-refractivity contribution in [3.05, 3.63) is 35.4 Å². The van der Waals surface area contributed by atoms with Gasteiger partial charge in [0, 0.05) is 0 Å². The standard InChI is InChI=1S/C11H14F3N/c1-8(6-7-15)9-2-4-10(5-3-9)11(12,13)14/h2-5,8H,6-7,15H2,1H3. The van der Waals surface area contributed by atoms with Crippen LogP contribution in [-0.2, 0) is 6.18 Å². The van der Waals surface area contributed by atoms with Gasteiger partial charge in [-0.25, -0.2) is 0 Å². The third kappa shape index (κ3) is 3.23. The molecule has 0 bridgehead atoms. The molecule has 0 spiro atoms. The summed E-state index contributed by atoms with van der Waals surface area (Å²) >= 11 is 0. The minimum absolute atomic E-state index is 0.206. The Kier molecular flexibility index (Phi) is 3.74. The van der Waals surface area contributed by atoms with Crippen LogP contribution in [0.4, 0.5) is 13.2 Å². The SMILES string of the molecule is CC(CCN)c1ccc(C(F)(F)F)cc1. The van der Waals surface area contributed by atoms with Gasteiger partial charge >= 0.3 is 6.18 Å². The average Bonchev–Trinajstić information content (AvgIpc) is 2.17. The van der Waals surface area contributed by atoms with Gasteiger partial charge in [0.1, 0.15) is 0 Å². The van der Waals surface area contributed by atoms with Gasteiger partial charge < -0.3 is 5.73 Å². The Balaban J connectivity index is 2.81. The van der Waals surface area contributed by atoms with E-state index in [2.05, 4.69) is 0 Å². The summed E-state index contributed by atoms with van der Waals surface area (Å²) < 4.78 is 36.7. The second kappa shape index (κ2) is 4.66.